The second-order valence-corrected chi connectivity index (χ2v) is 7.58. The first-order chi connectivity index (χ1) is 15.5. The highest BCUT2D eigenvalue weighted by atomic mass is 16.5. The lowest BCUT2D eigenvalue weighted by molar-refractivity contribution is -0.145. The first-order valence-electron chi connectivity index (χ1n) is 10.6. The van der Waals surface area contributed by atoms with E-state index in [0.29, 0.717) is 6.42 Å². The molecule has 32 heavy (non-hydrogen) atoms. The number of ether oxygens (including phenoxy) is 2. The molecule has 0 bridgehead atoms. The van der Waals surface area contributed by atoms with Gasteiger partial charge in [0.1, 0.15) is 19.2 Å². The Balaban J connectivity index is 1.64. The molecular weight excluding hydrogens is 412 g/mol. The van der Waals surface area contributed by atoms with Gasteiger partial charge in [-0.25, -0.2) is 4.79 Å². The Morgan fingerprint density at radius 1 is 1.06 bits per heavy atom. The fourth-order valence-electron chi connectivity index (χ4n) is 3.97. The number of nitrogens with one attached hydrogen (secondary N) is 1. The number of nitrogens with zero attached hydrogens (tertiary/aromatic N) is 1. The van der Waals surface area contributed by atoms with Crippen molar-refractivity contribution in [2.24, 2.45) is 0 Å². The molecular formula is C24H28N2O6. The van der Waals surface area contributed by atoms with E-state index in [-0.39, 0.29) is 25.7 Å². The summed E-state index contributed by atoms with van der Waals surface area (Å²) in [5, 5.41) is 11.7. The molecule has 0 heterocycles. The maximum Gasteiger partial charge on any atom is 0.407 e. The van der Waals surface area contributed by atoms with Crippen LogP contribution in [-0.4, -0.2) is 67.4 Å². The Labute approximate surface area is 187 Å². The average molecular weight is 440 g/mol. The summed E-state index contributed by atoms with van der Waals surface area (Å²) in [7, 11) is 1.47. The fraction of sp³-hybridized carbons (Fsp3) is 0.375. The van der Waals surface area contributed by atoms with Gasteiger partial charge in [-0.3, -0.25) is 9.59 Å². The standard InChI is InChI=1S/C24H28N2O6/c1-3-21(23(29)26(12-13-31-2)14-22(27)28)25-24(30)32-15-20-18-10-6-4-8-16(18)17-9-5-7-11-19(17)20/h4-11,20-21H,3,12-15H2,1-2H3,(H,25,30)(H,27,28)/t21-/m1/s1. The molecule has 8 nitrogen and oxygen atoms in total. The second-order valence-electron chi connectivity index (χ2n) is 7.58. The van der Waals surface area contributed by atoms with Gasteiger partial charge in [0.05, 0.1) is 6.61 Å². The number of carbonyl (C=O) groups excluding carboxylic acids is 2. The molecule has 1 aliphatic rings. The lowest BCUT2D eigenvalue weighted by Crippen LogP contribution is -2.50. The molecule has 2 amide bonds. The molecule has 170 valence electrons. The van der Waals surface area contributed by atoms with E-state index in [0.717, 1.165) is 27.2 Å². The highest BCUT2D eigenvalue weighted by Gasteiger charge is 2.30. The smallest absolute Gasteiger partial charge is 0.407 e. The number of carbonyl (C=O) groups is 3. The number of aliphatic carboxylic acids is 1. The van der Waals surface area contributed by atoms with Gasteiger partial charge in [-0.05, 0) is 28.7 Å². The summed E-state index contributed by atoms with van der Waals surface area (Å²) in [6.07, 6.45) is -0.416. The molecule has 0 radical (unpaired) electrons. The summed E-state index contributed by atoms with van der Waals surface area (Å²) in [5.41, 5.74) is 4.44. The van der Waals surface area contributed by atoms with E-state index in [9.17, 15) is 14.4 Å². The highest BCUT2D eigenvalue weighted by molar-refractivity contribution is 5.88. The molecule has 0 aliphatic heterocycles. The molecule has 0 unspecified atom stereocenters. The Morgan fingerprint density at radius 2 is 1.66 bits per heavy atom. The van der Waals surface area contributed by atoms with Crippen LogP contribution in [0.4, 0.5) is 4.79 Å². The van der Waals surface area contributed by atoms with Crippen molar-refractivity contribution in [2.45, 2.75) is 25.3 Å². The van der Waals surface area contributed by atoms with Crippen LogP contribution in [0.5, 0.6) is 0 Å². The zero-order valence-corrected chi connectivity index (χ0v) is 18.2. The SMILES string of the molecule is CC[C@@H](NC(=O)OCC1c2ccccc2-c2ccccc21)C(=O)N(CCOC)CC(=O)O. The monoisotopic (exact) mass is 440 g/mol. The average Bonchev–Trinajstić information content (AvgIpc) is 3.12. The van der Waals surface area contributed by atoms with Gasteiger partial charge >= 0.3 is 12.1 Å². The van der Waals surface area contributed by atoms with Gasteiger partial charge in [0, 0.05) is 19.6 Å². The van der Waals surface area contributed by atoms with Crippen LogP contribution in [0.15, 0.2) is 48.5 Å². The molecule has 0 saturated heterocycles. The number of hydrogen-bond acceptors (Lipinski definition) is 5. The zero-order valence-electron chi connectivity index (χ0n) is 18.2. The number of alkyl carbamates (subject to hydrolysis) is 1. The Kier molecular flexibility index (Phi) is 7.83. The zero-order chi connectivity index (χ0) is 23.1. The fourth-order valence-corrected chi connectivity index (χ4v) is 3.97. The van der Waals surface area contributed by atoms with Crippen LogP contribution >= 0.6 is 0 Å². The van der Waals surface area contributed by atoms with Crippen LogP contribution in [0.25, 0.3) is 11.1 Å². The third-order valence-electron chi connectivity index (χ3n) is 5.55. The van der Waals surface area contributed by atoms with Crippen LogP contribution in [0.1, 0.15) is 30.4 Å². The van der Waals surface area contributed by atoms with Gasteiger partial charge in [-0.1, -0.05) is 55.5 Å². The van der Waals surface area contributed by atoms with E-state index >= 15 is 0 Å². The number of amides is 2. The van der Waals surface area contributed by atoms with Crippen LogP contribution < -0.4 is 5.32 Å². The van der Waals surface area contributed by atoms with Crippen molar-refractivity contribution >= 4 is 18.0 Å². The summed E-state index contributed by atoms with van der Waals surface area (Å²) in [6, 6.07) is 15.2. The van der Waals surface area contributed by atoms with Crippen molar-refractivity contribution in [3.8, 4) is 11.1 Å². The molecule has 0 aromatic heterocycles. The lowest BCUT2D eigenvalue weighted by Gasteiger charge is -2.26. The Morgan fingerprint density at radius 3 is 2.19 bits per heavy atom. The summed E-state index contributed by atoms with van der Waals surface area (Å²) < 4.78 is 10.5. The molecule has 3 rings (SSSR count). The Hall–Kier alpha value is -3.39. The lowest BCUT2D eigenvalue weighted by atomic mass is 9.98. The largest absolute Gasteiger partial charge is 0.480 e. The molecule has 0 saturated carbocycles. The number of benzene rings is 2. The van der Waals surface area contributed by atoms with Crippen molar-refractivity contribution < 1.29 is 29.0 Å². The number of carboxylic acid groups (broad SMARTS) is 1. The van der Waals surface area contributed by atoms with Crippen molar-refractivity contribution in [3.63, 3.8) is 0 Å². The number of methoxy groups -OCH3 is 1. The molecule has 2 aromatic carbocycles. The predicted molar refractivity (Wildman–Crippen MR) is 118 cm³/mol. The van der Waals surface area contributed by atoms with Crippen molar-refractivity contribution in [1.82, 2.24) is 10.2 Å². The molecule has 2 aromatic rings. The summed E-state index contributed by atoms with van der Waals surface area (Å²) in [5.74, 6) is -1.71. The van der Waals surface area contributed by atoms with Crippen molar-refractivity contribution in [2.75, 3.05) is 33.4 Å². The van der Waals surface area contributed by atoms with Crippen LogP contribution in [0.3, 0.4) is 0 Å². The van der Waals surface area contributed by atoms with E-state index in [2.05, 4.69) is 17.4 Å². The maximum atomic E-state index is 12.8. The maximum absolute atomic E-state index is 12.8. The summed E-state index contributed by atoms with van der Waals surface area (Å²) in [4.78, 5) is 37.6. The minimum atomic E-state index is -1.13. The van der Waals surface area contributed by atoms with Crippen LogP contribution in [-0.2, 0) is 19.1 Å². The van der Waals surface area contributed by atoms with Gasteiger partial charge < -0.3 is 24.8 Å². The summed E-state index contributed by atoms with van der Waals surface area (Å²) >= 11 is 0. The first kappa shape index (κ1) is 23.3. The number of carboxylic acids is 1. The Bertz CT molecular complexity index is 931. The third kappa shape index (κ3) is 5.26. The minimum Gasteiger partial charge on any atom is -0.480 e. The summed E-state index contributed by atoms with van der Waals surface area (Å²) in [6.45, 7) is 1.71. The highest BCUT2D eigenvalue weighted by Crippen LogP contribution is 2.44. The first-order valence-corrected chi connectivity index (χ1v) is 10.6. The minimum absolute atomic E-state index is 0.0888. The molecule has 1 aliphatic carbocycles. The molecule has 0 spiro atoms. The normalized spacial score (nSPS) is 13.1. The van der Waals surface area contributed by atoms with E-state index in [4.69, 9.17) is 14.6 Å². The predicted octanol–water partition coefficient (Wildman–Crippen LogP) is 2.86. The van der Waals surface area contributed by atoms with Gasteiger partial charge in [-0.15, -0.1) is 0 Å². The topological polar surface area (TPSA) is 105 Å². The van der Waals surface area contributed by atoms with Gasteiger partial charge in [0.25, 0.3) is 0 Å². The molecule has 2 N–H and O–H groups in total. The quantitative estimate of drug-likeness (QED) is 0.589. The van der Waals surface area contributed by atoms with Gasteiger partial charge in [0.2, 0.25) is 5.91 Å². The van der Waals surface area contributed by atoms with Crippen molar-refractivity contribution in [3.05, 3.63) is 59.7 Å². The van der Waals surface area contributed by atoms with Gasteiger partial charge in [0.15, 0.2) is 0 Å². The number of hydrogen-bond donors (Lipinski definition) is 2. The van der Waals surface area contributed by atoms with Crippen LogP contribution in [0.2, 0.25) is 0 Å². The number of rotatable bonds is 10. The van der Waals surface area contributed by atoms with E-state index < -0.39 is 30.6 Å². The molecule has 1 atom stereocenters. The van der Waals surface area contributed by atoms with Crippen molar-refractivity contribution in [1.29, 1.82) is 0 Å². The van der Waals surface area contributed by atoms with E-state index in [1.807, 2.05) is 36.4 Å². The van der Waals surface area contributed by atoms with E-state index in [1.54, 1.807) is 6.92 Å². The third-order valence-corrected chi connectivity index (χ3v) is 5.55. The van der Waals surface area contributed by atoms with E-state index in [1.165, 1.54) is 7.11 Å². The second kappa shape index (κ2) is 10.8. The van der Waals surface area contributed by atoms with Crippen LogP contribution in [0, 0.1) is 0 Å². The molecule has 8 heteroatoms. The van der Waals surface area contributed by atoms with Gasteiger partial charge in [-0.2, -0.15) is 0 Å². The molecule has 0 fully saturated rings. The number of fused-ring (bicyclic) bond motifs is 3.